The van der Waals surface area contributed by atoms with E-state index in [2.05, 4.69) is 234 Å². The lowest BCUT2D eigenvalue weighted by Crippen LogP contribution is -2.56. The van der Waals surface area contributed by atoms with E-state index in [1.807, 2.05) is 14.1 Å². The molecular weight excluding hydrogens is 1570 g/mol. The van der Waals surface area contributed by atoms with Crippen molar-refractivity contribution in [3.63, 3.8) is 0 Å². The summed E-state index contributed by atoms with van der Waals surface area (Å²) in [6.07, 6.45) is 9.77. The Morgan fingerprint density at radius 3 is 1.14 bits per heavy atom. The number of benzene rings is 6. The van der Waals surface area contributed by atoms with E-state index in [4.69, 9.17) is 68.6 Å². The number of fused-ring (bicyclic) bond motifs is 6. The molecule has 0 radical (unpaired) electrons. The summed E-state index contributed by atoms with van der Waals surface area (Å²) in [6.45, 7) is 51.3. The van der Waals surface area contributed by atoms with E-state index in [1.54, 1.807) is 21.8 Å². The van der Waals surface area contributed by atoms with Gasteiger partial charge in [-0.2, -0.15) is 29.9 Å². The summed E-state index contributed by atoms with van der Waals surface area (Å²) < 4.78 is 24.5. The molecule has 3 aromatic heterocycles. The van der Waals surface area contributed by atoms with Gasteiger partial charge in [-0.05, 0) is 140 Å². The first-order valence-corrected chi connectivity index (χ1v) is 43.7. The van der Waals surface area contributed by atoms with Gasteiger partial charge in [0, 0.05) is 160 Å². The van der Waals surface area contributed by atoms with Crippen LogP contribution in [0.5, 0.6) is 18.0 Å². The predicted molar refractivity (Wildman–Crippen MR) is 492 cm³/mol. The second kappa shape index (κ2) is 39.6. The van der Waals surface area contributed by atoms with Crippen LogP contribution in [0.25, 0.3) is 46.9 Å². The highest BCUT2D eigenvalue weighted by Gasteiger charge is 2.41. The maximum atomic E-state index is 12.6. The summed E-state index contributed by atoms with van der Waals surface area (Å²) in [4.78, 5) is 104. The summed E-state index contributed by atoms with van der Waals surface area (Å²) in [7, 11) is 10.1. The molecule has 650 valence electrons. The molecule has 125 heavy (non-hydrogen) atoms. The lowest BCUT2D eigenvalue weighted by atomic mass is 10.0. The molecule has 6 atom stereocenters. The molecule has 0 bridgehead atoms. The minimum atomic E-state index is -0.236. The van der Waals surface area contributed by atoms with Crippen molar-refractivity contribution in [3.05, 3.63) is 233 Å². The van der Waals surface area contributed by atoms with Crippen molar-refractivity contribution in [2.45, 2.75) is 114 Å². The molecule has 0 saturated carbocycles. The van der Waals surface area contributed by atoms with Gasteiger partial charge in [0.2, 0.25) is 37.4 Å². The lowest BCUT2D eigenvalue weighted by Gasteiger charge is -2.41. The van der Waals surface area contributed by atoms with Crippen molar-refractivity contribution in [3.8, 4) is 18.0 Å². The molecule has 5 fully saturated rings. The van der Waals surface area contributed by atoms with Crippen molar-refractivity contribution in [2.24, 2.45) is 0 Å². The average molecular weight is 1690 g/mol. The lowest BCUT2D eigenvalue weighted by molar-refractivity contribution is -0.129. The van der Waals surface area contributed by atoms with E-state index in [0.717, 1.165) is 116 Å². The molecule has 0 N–H and O–H groups in total. The van der Waals surface area contributed by atoms with Gasteiger partial charge >= 0.3 is 18.0 Å². The Balaban J connectivity index is 0.000000145. The van der Waals surface area contributed by atoms with Gasteiger partial charge in [0.15, 0.2) is 0 Å². The molecular formula is C97H115N21O7. The number of likely N-dealkylation sites (N-methyl/N-ethyl adjacent to an activating group) is 3. The molecule has 6 aromatic carbocycles. The van der Waals surface area contributed by atoms with Gasteiger partial charge in [-0.25, -0.2) is 19.7 Å². The van der Waals surface area contributed by atoms with E-state index in [-0.39, 0.29) is 73.2 Å². The molecule has 11 heterocycles. The number of ether oxygens (including phenoxy) is 4. The van der Waals surface area contributed by atoms with Crippen LogP contribution in [0.2, 0.25) is 0 Å². The van der Waals surface area contributed by atoms with E-state index in [0.29, 0.717) is 122 Å². The van der Waals surface area contributed by atoms with Crippen LogP contribution in [-0.2, 0) is 58.0 Å². The Hall–Kier alpha value is -12.5. The zero-order valence-electron chi connectivity index (χ0n) is 73.2. The van der Waals surface area contributed by atoms with Gasteiger partial charge in [0.25, 0.3) is 0 Å². The SMILES string of the molecule is [C-]#[N+]CC1CN(c2nc(OCC(C)(C)N(C)C)nc3c2CCN(c2cccc4ccccc24)C3)CCN1C(=O)C=C.[C-]#[N+]C[C@H]1CN(c2nc(OC[C@@H]3C[C@@H](OC)CN3C)nc3c2CCN(c2cccc4ccccc24)C3)CCN1C(=O)C=C.[C-]#[N+]C[C@H]1CN(c2nc(OC[C@H]3CCCN3C)nc3c2CCN(c2cccc4ccccc24)C3)CCN1C(=O)C=C. The van der Waals surface area contributed by atoms with Crippen LogP contribution in [0.3, 0.4) is 0 Å². The maximum Gasteiger partial charge on any atom is 0.318 e. The van der Waals surface area contributed by atoms with Gasteiger partial charge in [0.05, 0.1) is 42.8 Å². The molecule has 17 rings (SSSR count). The van der Waals surface area contributed by atoms with Crippen LogP contribution in [0.15, 0.2) is 165 Å². The first kappa shape index (κ1) is 87.4. The van der Waals surface area contributed by atoms with Crippen LogP contribution >= 0.6 is 0 Å². The van der Waals surface area contributed by atoms with Crippen molar-refractivity contribution < 1.29 is 33.3 Å². The van der Waals surface area contributed by atoms with Crippen molar-refractivity contribution in [1.29, 1.82) is 0 Å². The third-order valence-electron chi connectivity index (χ3n) is 26.2. The van der Waals surface area contributed by atoms with Crippen LogP contribution in [0.4, 0.5) is 34.5 Å². The topological polar surface area (TPSA) is 217 Å². The molecule has 28 heteroatoms. The number of likely N-dealkylation sites (tertiary alicyclic amines) is 2. The second-order valence-corrected chi connectivity index (χ2v) is 34.4. The molecule has 0 spiro atoms. The molecule has 0 aliphatic carbocycles. The number of anilines is 6. The fourth-order valence-corrected chi connectivity index (χ4v) is 18.7. The molecule has 9 aromatic rings. The minimum absolute atomic E-state index is 0.126. The number of hydrogen-bond acceptors (Lipinski definition) is 22. The Kier molecular flexibility index (Phi) is 27.6. The Morgan fingerprint density at radius 2 is 0.808 bits per heavy atom. The third kappa shape index (κ3) is 19.5. The molecule has 8 aliphatic heterocycles. The molecule has 3 amide bonds. The Morgan fingerprint density at radius 1 is 0.448 bits per heavy atom. The molecule has 8 aliphatic rings. The summed E-state index contributed by atoms with van der Waals surface area (Å²) in [5, 5.41) is 7.33. The van der Waals surface area contributed by atoms with Gasteiger partial charge in [-0.1, -0.05) is 129 Å². The van der Waals surface area contributed by atoms with E-state index in [9.17, 15) is 14.4 Å². The highest BCUT2D eigenvalue weighted by molar-refractivity contribution is 5.97. The van der Waals surface area contributed by atoms with Crippen molar-refractivity contribution >= 4 is 84.6 Å². The van der Waals surface area contributed by atoms with Crippen LogP contribution in [0, 0.1) is 19.7 Å². The van der Waals surface area contributed by atoms with E-state index < -0.39 is 0 Å². The second-order valence-electron chi connectivity index (χ2n) is 34.4. The highest BCUT2D eigenvalue weighted by atomic mass is 16.5. The van der Waals surface area contributed by atoms with Gasteiger partial charge in [-0.3, -0.25) is 19.3 Å². The summed E-state index contributed by atoms with van der Waals surface area (Å²) in [6, 6.07) is 45.8. The number of hydrogen-bond donors (Lipinski definition) is 0. The highest BCUT2D eigenvalue weighted by Crippen LogP contribution is 2.40. The van der Waals surface area contributed by atoms with E-state index in [1.165, 1.54) is 74.0 Å². The molecule has 28 nitrogen and oxygen atoms in total. The molecule has 1 unspecified atom stereocenters. The predicted octanol–water partition coefficient (Wildman–Crippen LogP) is 11.2. The number of carbonyl (C=O) groups excluding carboxylic acids is 3. The van der Waals surface area contributed by atoms with Crippen molar-refractivity contribution in [1.82, 2.24) is 59.3 Å². The number of rotatable bonds is 23. The number of amides is 3. The fraction of sp³-hybridized carbons (Fsp3) is 0.443. The zero-order chi connectivity index (χ0) is 87.4. The first-order valence-electron chi connectivity index (χ1n) is 43.7. The Bertz CT molecular complexity index is 5550. The fourth-order valence-electron chi connectivity index (χ4n) is 18.7. The number of nitrogens with zero attached hydrogens (tertiary/aromatic N) is 21. The van der Waals surface area contributed by atoms with Crippen LogP contribution in [0.1, 0.15) is 66.9 Å². The number of aromatic nitrogens is 6. The van der Waals surface area contributed by atoms with E-state index >= 15 is 0 Å². The number of piperazine rings is 3. The largest absolute Gasteiger partial charge is 0.462 e. The van der Waals surface area contributed by atoms with Crippen LogP contribution in [-0.4, -0.2) is 285 Å². The smallest absolute Gasteiger partial charge is 0.318 e. The first-order chi connectivity index (χ1) is 60.7. The number of methoxy groups -OCH3 is 1. The Labute approximate surface area is 734 Å². The van der Waals surface area contributed by atoms with Gasteiger partial charge in [-0.15, -0.1) is 0 Å². The minimum Gasteiger partial charge on any atom is -0.462 e. The third-order valence-corrected chi connectivity index (χ3v) is 26.2. The van der Waals surface area contributed by atoms with Gasteiger partial charge < -0.3 is 87.4 Å². The monoisotopic (exact) mass is 1690 g/mol. The molecule has 5 saturated heterocycles. The quantitative estimate of drug-likeness (QED) is 0.0429. The summed E-state index contributed by atoms with van der Waals surface area (Å²) in [5.41, 5.74) is 9.66. The normalized spacial score (nSPS) is 20.3. The van der Waals surface area contributed by atoms with Crippen LogP contribution < -0.4 is 43.6 Å². The standard InChI is InChI=1S/C33H39N7O3.C32H37N7O2.C32H39N7O2/c1-5-31(41)40-16-15-39(19-25(40)18-34-2)32-28-13-14-38(30-12-8-10-23-9-6-7-11-27(23)30)21-29(28)35-33(36-32)43-22-24-17-26(42-4)20-37(24)3;1-4-30(40)39-18-17-38(20-25(39)19-33-2)31-27-14-16-37(29-13-7-10-23-9-5-6-12-26(23)29)21-28(27)34-32(35-31)41-22-24-11-8-15-36(24)3;1-7-29(40)39-18-17-38(20-24(39)19-33-4)30-26-15-16-37(28-14-10-12-23-11-8-9-13-25(23)28)21-27(26)34-31(35-30)41-22-32(2,3)36(5)6/h5-12,24-26H,1,13-22H2,3-4H3;4-7,9-10,12-13,24-25H,1,8,11,14-22H2,3H3;7-14,24H,1,15-22H2,2-3,5-6H3/t24-,25-,26+;24-,25+;/m01./s1. The van der Waals surface area contributed by atoms with Gasteiger partial charge in [0.1, 0.15) is 55.4 Å². The average Bonchev–Trinajstić information content (AvgIpc) is 0.896. The van der Waals surface area contributed by atoms with Crippen molar-refractivity contribution in [2.75, 3.05) is 196 Å². The summed E-state index contributed by atoms with van der Waals surface area (Å²) >= 11 is 0. The summed E-state index contributed by atoms with van der Waals surface area (Å²) in [5.74, 6) is 2.19. The zero-order valence-corrected chi connectivity index (χ0v) is 73.2. The maximum absolute atomic E-state index is 12.6. The number of carbonyl (C=O) groups is 3.